The fourth-order valence-electron chi connectivity index (χ4n) is 3.22. The highest BCUT2D eigenvalue weighted by molar-refractivity contribution is 5.20. The predicted octanol–water partition coefficient (Wildman–Crippen LogP) is 2.20. The Hall–Kier alpha value is -0.480. The highest BCUT2D eigenvalue weighted by atomic mass is 16.3. The molecule has 0 radical (unpaired) electrons. The molecule has 2 aliphatic rings. The van der Waals surface area contributed by atoms with Gasteiger partial charge in [-0.05, 0) is 29.6 Å². The maximum atomic E-state index is 9.31. The van der Waals surface area contributed by atoms with Gasteiger partial charge >= 0.3 is 0 Å². The summed E-state index contributed by atoms with van der Waals surface area (Å²) >= 11 is 0. The fraction of sp³-hybridized carbons (Fsp3) is 0.833. The molecule has 2 rings (SSSR count). The van der Waals surface area contributed by atoms with E-state index in [1.165, 1.54) is 12.8 Å². The first-order valence-electron chi connectivity index (χ1n) is 5.22. The van der Waals surface area contributed by atoms with Crippen molar-refractivity contribution in [1.82, 2.24) is 0 Å². The lowest BCUT2D eigenvalue weighted by Crippen LogP contribution is -2.08. The first kappa shape index (κ1) is 9.09. The maximum absolute atomic E-state index is 9.31. The molecule has 0 saturated heterocycles. The molecule has 0 aliphatic heterocycles. The Labute approximate surface area is 80.5 Å². The molecule has 72 valence electrons. The number of hydrogen-bond donors (Lipinski definition) is 1. The van der Waals surface area contributed by atoms with Crippen LogP contribution in [0.1, 0.15) is 39.5 Å². The molecule has 1 N–H and O–H groups in total. The third-order valence-electron chi connectivity index (χ3n) is 4.61. The molecule has 0 aromatic carbocycles. The van der Waals surface area contributed by atoms with Gasteiger partial charge < -0.3 is 5.11 Å². The number of fused-ring (bicyclic) bond motifs is 1. The summed E-state index contributed by atoms with van der Waals surface area (Å²) in [6, 6.07) is 0. The van der Waals surface area contributed by atoms with E-state index >= 15 is 0 Å². The fourth-order valence-corrected chi connectivity index (χ4v) is 3.22. The lowest BCUT2D eigenvalue weighted by atomic mass is 9.87. The van der Waals surface area contributed by atoms with Gasteiger partial charge in [-0.1, -0.05) is 13.8 Å². The van der Waals surface area contributed by atoms with Crippen LogP contribution in [0.3, 0.4) is 0 Å². The van der Waals surface area contributed by atoms with E-state index in [2.05, 4.69) is 25.7 Å². The van der Waals surface area contributed by atoms with Crippen LogP contribution >= 0.6 is 0 Å². The Morgan fingerprint density at radius 2 is 1.62 bits per heavy atom. The molecular weight excluding hydrogens is 160 g/mol. The third-order valence-corrected chi connectivity index (χ3v) is 4.61. The van der Waals surface area contributed by atoms with E-state index in [9.17, 15) is 5.11 Å². The quantitative estimate of drug-likeness (QED) is 0.610. The highest BCUT2D eigenvalue weighted by Crippen LogP contribution is 2.73. The molecule has 0 aromatic rings. The molecule has 1 fully saturated rings. The maximum Gasteiger partial charge on any atom is 0.0470 e. The molecule has 2 aliphatic carbocycles. The van der Waals surface area contributed by atoms with Crippen LogP contribution in [0.5, 0.6) is 0 Å². The van der Waals surface area contributed by atoms with Gasteiger partial charge in [0.25, 0.3) is 0 Å². The first-order chi connectivity index (χ1) is 6.15. The van der Waals surface area contributed by atoms with Crippen molar-refractivity contribution in [3.63, 3.8) is 0 Å². The molecule has 0 unspecified atom stereocenters. The van der Waals surface area contributed by atoms with Crippen molar-refractivity contribution in [2.45, 2.75) is 39.5 Å². The zero-order chi connectivity index (χ0) is 9.53. The minimum atomic E-state index is 0.354. The van der Waals surface area contributed by atoms with Crippen LogP contribution in [-0.2, 0) is 0 Å². The molecular formula is C12H18O. The predicted molar refractivity (Wildman–Crippen MR) is 53.0 cm³/mol. The van der Waals surface area contributed by atoms with Crippen LogP contribution in [0.2, 0.25) is 0 Å². The molecule has 1 saturated carbocycles. The molecule has 0 spiro atoms. The first-order valence-corrected chi connectivity index (χ1v) is 5.22. The number of rotatable bonds is 1. The number of aliphatic hydroxyl groups excluding tert-OH is 1. The van der Waals surface area contributed by atoms with E-state index in [-0.39, 0.29) is 0 Å². The molecule has 1 heteroatoms. The monoisotopic (exact) mass is 178 g/mol. The summed E-state index contributed by atoms with van der Waals surface area (Å²) in [4.78, 5) is 0. The summed E-state index contributed by atoms with van der Waals surface area (Å²) < 4.78 is 0. The van der Waals surface area contributed by atoms with Crippen molar-refractivity contribution >= 4 is 0 Å². The molecule has 3 atom stereocenters. The van der Waals surface area contributed by atoms with Crippen LogP contribution in [0.15, 0.2) is 0 Å². The topological polar surface area (TPSA) is 20.2 Å². The molecule has 0 aromatic heterocycles. The SMILES string of the molecule is C[C@@]12CCC#CCC[C@]1(C)[C@@H]2CO. The second-order valence-electron chi connectivity index (χ2n) is 4.92. The van der Waals surface area contributed by atoms with E-state index in [0.717, 1.165) is 12.8 Å². The van der Waals surface area contributed by atoms with Gasteiger partial charge in [0.05, 0.1) is 0 Å². The average Bonchev–Trinajstić information content (AvgIpc) is 2.51. The second kappa shape index (κ2) is 2.75. The molecule has 13 heavy (non-hydrogen) atoms. The van der Waals surface area contributed by atoms with Gasteiger partial charge in [0.2, 0.25) is 0 Å². The third kappa shape index (κ3) is 1.05. The van der Waals surface area contributed by atoms with E-state index in [4.69, 9.17) is 0 Å². The molecule has 1 nitrogen and oxygen atoms in total. The largest absolute Gasteiger partial charge is 0.396 e. The molecule has 0 amide bonds. The van der Waals surface area contributed by atoms with Crippen molar-refractivity contribution in [3.05, 3.63) is 0 Å². The minimum absolute atomic E-state index is 0.354. The number of aliphatic hydroxyl groups is 1. The molecule has 0 heterocycles. The summed E-state index contributed by atoms with van der Waals surface area (Å²) in [5.74, 6) is 6.91. The zero-order valence-corrected chi connectivity index (χ0v) is 8.56. The van der Waals surface area contributed by atoms with Crippen molar-refractivity contribution in [1.29, 1.82) is 0 Å². The van der Waals surface area contributed by atoms with Gasteiger partial charge in [-0.3, -0.25) is 0 Å². The standard InChI is InChI=1S/C12H18O/c1-11-7-5-3-4-6-8-12(11,2)10(11)9-13/h10,13H,5-9H2,1-2H3/t10-,11+,12-. The van der Waals surface area contributed by atoms with Gasteiger partial charge in [-0.15, -0.1) is 11.8 Å². The van der Waals surface area contributed by atoms with Crippen molar-refractivity contribution in [2.24, 2.45) is 16.7 Å². The second-order valence-corrected chi connectivity index (χ2v) is 4.92. The average molecular weight is 178 g/mol. The van der Waals surface area contributed by atoms with E-state index in [1.54, 1.807) is 0 Å². The lowest BCUT2D eigenvalue weighted by molar-refractivity contribution is 0.244. The van der Waals surface area contributed by atoms with Crippen LogP contribution in [0.4, 0.5) is 0 Å². The van der Waals surface area contributed by atoms with E-state index in [0.29, 0.717) is 23.4 Å². The number of hydrogen-bond acceptors (Lipinski definition) is 1. The van der Waals surface area contributed by atoms with Crippen molar-refractivity contribution in [2.75, 3.05) is 6.61 Å². The summed E-state index contributed by atoms with van der Waals surface area (Å²) in [5, 5.41) is 9.31. The highest BCUT2D eigenvalue weighted by Gasteiger charge is 2.68. The van der Waals surface area contributed by atoms with Gasteiger partial charge in [0.15, 0.2) is 0 Å². The van der Waals surface area contributed by atoms with Gasteiger partial charge in [0, 0.05) is 19.4 Å². The minimum Gasteiger partial charge on any atom is -0.396 e. The van der Waals surface area contributed by atoms with Crippen LogP contribution < -0.4 is 0 Å². The Morgan fingerprint density at radius 3 is 2.00 bits per heavy atom. The van der Waals surface area contributed by atoms with Crippen LogP contribution in [-0.4, -0.2) is 11.7 Å². The molecule has 0 bridgehead atoms. The summed E-state index contributed by atoms with van der Waals surface area (Å²) in [7, 11) is 0. The smallest absolute Gasteiger partial charge is 0.0470 e. The van der Waals surface area contributed by atoms with Gasteiger partial charge in [0.1, 0.15) is 0 Å². The van der Waals surface area contributed by atoms with E-state index < -0.39 is 0 Å². The Balaban J connectivity index is 2.19. The van der Waals surface area contributed by atoms with Gasteiger partial charge in [-0.2, -0.15) is 0 Å². The van der Waals surface area contributed by atoms with E-state index in [1.807, 2.05) is 0 Å². The lowest BCUT2D eigenvalue weighted by Gasteiger charge is -2.17. The zero-order valence-electron chi connectivity index (χ0n) is 8.56. The summed E-state index contributed by atoms with van der Waals surface area (Å²) in [6.45, 7) is 4.99. The Morgan fingerprint density at radius 1 is 1.15 bits per heavy atom. The van der Waals surface area contributed by atoms with Gasteiger partial charge in [-0.25, -0.2) is 0 Å². The summed E-state index contributed by atoms with van der Waals surface area (Å²) in [5.41, 5.74) is 0.744. The normalized spacial score (nSPS) is 48.1. The Bertz CT molecular complexity index is 249. The van der Waals surface area contributed by atoms with Crippen LogP contribution in [0, 0.1) is 28.6 Å². The van der Waals surface area contributed by atoms with Crippen molar-refractivity contribution in [3.8, 4) is 11.8 Å². The Kier molecular flexibility index (Phi) is 1.92. The summed E-state index contributed by atoms with van der Waals surface area (Å²) in [6.07, 6.45) is 4.37. The van der Waals surface area contributed by atoms with Crippen LogP contribution in [0.25, 0.3) is 0 Å². The van der Waals surface area contributed by atoms with Crippen molar-refractivity contribution < 1.29 is 5.11 Å².